The van der Waals surface area contributed by atoms with Crippen molar-refractivity contribution in [1.29, 1.82) is 0 Å². The summed E-state index contributed by atoms with van der Waals surface area (Å²) in [4.78, 5) is 2.56. The van der Waals surface area contributed by atoms with Crippen LogP contribution in [0.1, 0.15) is 26.2 Å². The van der Waals surface area contributed by atoms with Gasteiger partial charge in [-0.3, -0.25) is 4.90 Å². The monoisotopic (exact) mass is 184 g/mol. The summed E-state index contributed by atoms with van der Waals surface area (Å²) in [7, 11) is 0. The predicted molar refractivity (Wildman–Crippen MR) is 52.6 cm³/mol. The smallest absolute Gasteiger partial charge is 0.0850 e. The molecule has 0 aromatic heterocycles. The van der Waals surface area contributed by atoms with Crippen LogP contribution >= 0.6 is 0 Å². The van der Waals surface area contributed by atoms with Gasteiger partial charge in [0.15, 0.2) is 0 Å². The van der Waals surface area contributed by atoms with Crippen molar-refractivity contribution >= 4 is 0 Å². The highest BCUT2D eigenvalue weighted by atomic mass is 16.5. The summed E-state index contributed by atoms with van der Waals surface area (Å²) in [5.41, 5.74) is 5.84. The van der Waals surface area contributed by atoms with Gasteiger partial charge in [-0.05, 0) is 19.8 Å². The van der Waals surface area contributed by atoms with Gasteiger partial charge in [-0.1, -0.05) is 6.42 Å². The summed E-state index contributed by atoms with van der Waals surface area (Å²) in [5, 5.41) is 0. The molecule has 2 unspecified atom stereocenters. The molecule has 1 heterocycles. The Kier molecular flexibility index (Phi) is 2.86. The van der Waals surface area contributed by atoms with Crippen LogP contribution in [0.5, 0.6) is 0 Å². The Hall–Kier alpha value is -0.120. The number of rotatable bonds is 2. The van der Waals surface area contributed by atoms with E-state index >= 15 is 0 Å². The first-order chi connectivity index (χ1) is 6.27. The lowest BCUT2D eigenvalue weighted by molar-refractivity contribution is -0.0622. The predicted octanol–water partition coefficient (Wildman–Crippen LogP) is 0.587. The first-order valence-corrected chi connectivity index (χ1v) is 5.38. The lowest BCUT2D eigenvalue weighted by atomic mass is 9.90. The number of hydrogen-bond acceptors (Lipinski definition) is 3. The fourth-order valence-corrected chi connectivity index (χ4v) is 2.10. The normalized spacial score (nSPS) is 34.2. The first-order valence-electron chi connectivity index (χ1n) is 5.38. The molecule has 1 aliphatic carbocycles. The molecule has 76 valence electrons. The lowest BCUT2D eigenvalue weighted by Gasteiger charge is -2.43. The molecule has 2 aliphatic rings. The zero-order chi connectivity index (χ0) is 9.26. The van der Waals surface area contributed by atoms with Gasteiger partial charge < -0.3 is 10.5 Å². The molecule has 0 amide bonds. The van der Waals surface area contributed by atoms with Crippen molar-refractivity contribution in [3.05, 3.63) is 0 Å². The van der Waals surface area contributed by atoms with Gasteiger partial charge in [-0.15, -0.1) is 0 Å². The summed E-state index contributed by atoms with van der Waals surface area (Å²) >= 11 is 0. The van der Waals surface area contributed by atoms with Crippen molar-refractivity contribution in [2.45, 2.75) is 44.4 Å². The molecule has 3 heteroatoms. The van der Waals surface area contributed by atoms with Crippen molar-refractivity contribution < 1.29 is 4.74 Å². The fraction of sp³-hybridized carbons (Fsp3) is 1.00. The Balaban J connectivity index is 1.84. The summed E-state index contributed by atoms with van der Waals surface area (Å²) in [6, 6.07) is 1.01. The van der Waals surface area contributed by atoms with Gasteiger partial charge in [0.05, 0.1) is 12.7 Å². The average Bonchev–Trinajstić information content (AvgIpc) is 2.01. The van der Waals surface area contributed by atoms with E-state index in [9.17, 15) is 0 Å². The maximum atomic E-state index is 5.84. The highest BCUT2D eigenvalue weighted by molar-refractivity contribution is 4.85. The van der Waals surface area contributed by atoms with Gasteiger partial charge in [0.2, 0.25) is 0 Å². The van der Waals surface area contributed by atoms with Crippen molar-refractivity contribution in [2.75, 3.05) is 19.7 Å². The minimum absolute atomic E-state index is 0.169. The molecular formula is C10H20N2O. The van der Waals surface area contributed by atoms with Crippen LogP contribution in [0.4, 0.5) is 0 Å². The topological polar surface area (TPSA) is 38.5 Å². The zero-order valence-corrected chi connectivity index (χ0v) is 8.41. The maximum Gasteiger partial charge on any atom is 0.0850 e. The molecule has 1 aliphatic heterocycles. The largest absolute Gasteiger partial charge is 0.374 e. The third-order valence-electron chi connectivity index (χ3n) is 3.30. The van der Waals surface area contributed by atoms with Gasteiger partial charge in [0.25, 0.3) is 0 Å². The van der Waals surface area contributed by atoms with Crippen LogP contribution in [0.15, 0.2) is 0 Å². The lowest BCUT2D eigenvalue weighted by Crippen LogP contribution is -2.54. The van der Waals surface area contributed by atoms with Gasteiger partial charge in [0.1, 0.15) is 0 Å². The summed E-state index contributed by atoms with van der Waals surface area (Å²) in [6.07, 6.45) is 4.43. The molecule has 2 rings (SSSR count). The fourth-order valence-electron chi connectivity index (χ4n) is 2.10. The molecule has 1 saturated heterocycles. The van der Waals surface area contributed by atoms with Gasteiger partial charge in [0, 0.05) is 25.2 Å². The van der Waals surface area contributed by atoms with Gasteiger partial charge >= 0.3 is 0 Å². The second kappa shape index (κ2) is 3.95. The van der Waals surface area contributed by atoms with Crippen molar-refractivity contribution in [3.8, 4) is 0 Å². The van der Waals surface area contributed by atoms with Crippen LogP contribution in [-0.4, -0.2) is 42.8 Å². The Morgan fingerprint density at radius 1 is 1.46 bits per heavy atom. The van der Waals surface area contributed by atoms with E-state index in [1.807, 2.05) is 6.92 Å². The Bertz CT molecular complexity index is 168. The summed E-state index contributed by atoms with van der Waals surface area (Å²) < 4.78 is 5.62. The van der Waals surface area contributed by atoms with Crippen LogP contribution in [0.25, 0.3) is 0 Å². The molecule has 2 fully saturated rings. The standard InChI is InChI=1S/C10H20N2O/c1-8(11)10-7-12(5-6-13-10)9-3-2-4-9/h8-10H,2-7,11H2,1H3. The average molecular weight is 184 g/mol. The second-order valence-electron chi connectivity index (χ2n) is 4.35. The number of nitrogens with zero attached hydrogens (tertiary/aromatic N) is 1. The number of nitrogens with two attached hydrogens (primary N) is 1. The number of hydrogen-bond donors (Lipinski definition) is 1. The molecule has 0 radical (unpaired) electrons. The first kappa shape index (κ1) is 9.44. The van der Waals surface area contributed by atoms with Crippen molar-refractivity contribution in [2.24, 2.45) is 5.73 Å². The molecule has 13 heavy (non-hydrogen) atoms. The molecule has 0 bridgehead atoms. The van der Waals surface area contributed by atoms with E-state index in [1.165, 1.54) is 19.3 Å². The highest BCUT2D eigenvalue weighted by Crippen LogP contribution is 2.26. The van der Waals surface area contributed by atoms with Crippen LogP contribution < -0.4 is 5.73 Å². The Morgan fingerprint density at radius 3 is 2.77 bits per heavy atom. The van der Waals surface area contributed by atoms with Gasteiger partial charge in [-0.25, -0.2) is 0 Å². The molecule has 2 atom stereocenters. The van der Waals surface area contributed by atoms with Crippen molar-refractivity contribution in [1.82, 2.24) is 4.90 Å². The molecular weight excluding hydrogens is 164 g/mol. The number of morpholine rings is 1. The van der Waals surface area contributed by atoms with E-state index < -0.39 is 0 Å². The van der Waals surface area contributed by atoms with Crippen molar-refractivity contribution in [3.63, 3.8) is 0 Å². The third-order valence-corrected chi connectivity index (χ3v) is 3.30. The molecule has 2 N–H and O–H groups in total. The Morgan fingerprint density at radius 2 is 2.23 bits per heavy atom. The van der Waals surface area contributed by atoms with Crippen LogP contribution in [0.3, 0.4) is 0 Å². The van der Waals surface area contributed by atoms with E-state index in [0.717, 1.165) is 25.7 Å². The number of ether oxygens (including phenoxy) is 1. The SMILES string of the molecule is CC(N)C1CN(C2CCC2)CCO1. The van der Waals surface area contributed by atoms with E-state index in [4.69, 9.17) is 10.5 Å². The third kappa shape index (κ3) is 2.03. The van der Waals surface area contributed by atoms with E-state index in [2.05, 4.69) is 4.90 Å². The van der Waals surface area contributed by atoms with E-state index in [0.29, 0.717) is 0 Å². The molecule has 1 saturated carbocycles. The quantitative estimate of drug-likeness (QED) is 0.682. The second-order valence-corrected chi connectivity index (χ2v) is 4.35. The Labute approximate surface area is 80.2 Å². The molecule has 3 nitrogen and oxygen atoms in total. The van der Waals surface area contributed by atoms with Crippen LogP contribution in [-0.2, 0) is 4.74 Å². The summed E-state index contributed by atoms with van der Waals surface area (Å²) in [6.45, 7) is 5.05. The van der Waals surface area contributed by atoms with Crippen LogP contribution in [0, 0.1) is 0 Å². The highest BCUT2D eigenvalue weighted by Gasteiger charge is 2.30. The minimum Gasteiger partial charge on any atom is -0.374 e. The van der Waals surface area contributed by atoms with Gasteiger partial charge in [-0.2, -0.15) is 0 Å². The maximum absolute atomic E-state index is 5.84. The van der Waals surface area contributed by atoms with E-state index in [1.54, 1.807) is 0 Å². The molecule has 0 aromatic carbocycles. The summed E-state index contributed by atoms with van der Waals surface area (Å²) in [5.74, 6) is 0. The minimum atomic E-state index is 0.169. The zero-order valence-electron chi connectivity index (χ0n) is 8.41. The molecule has 0 spiro atoms. The van der Waals surface area contributed by atoms with Crippen LogP contribution in [0.2, 0.25) is 0 Å². The van der Waals surface area contributed by atoms with E-state index in [-0.39, 0.29) is 12.1 Å². The molecule has 0 aromatic rings.